The summed E-state index contributed by atoms with van der Waals surface area (Å²) in [5.41, 5.74) is -0.175. The second kappa shape index (κ2) is 5.14. The first-order valence-electron chi connectivity index (χ1n) is 9.07. The Balaban J connectivity index is 1.47. The van der Waals surface area contributed by atoms with E-state index in [2.05, 4.69) is 19.1 Å². The van der Waals surface area contributed by atoms with Crippen molar-refractivity contribution in [2.45, 2.75) is 70.3 Å². The van der Waals surface area contributed by atoms with E-state index in [0.717, 1.165) is 18.8 Å². The van der Waals surface area contributed by atoms with Crippen LogP contribution in [0.25, 0.3) is 0 Å². The minimum Gasteiger partial charge on any atom is -0.459 e. The van der Waals surface area contributed by atoms with E-state index in [-0.39, 0.29) is 17.5 Å². The van der Waals surface area contributed by atoms with Gasteiger partial charge < -0.3 is 4.74 Å². The molecule has 21 heavy (non-hydrogen) atoms. The van der Waals surface area contributed by atoms with Crippen LogP contribution in [0.1, 0.15) is 64.7 Å². The van der Waals surface area contributed by atoms with Gasteiger partial charge in [-0.15, -0.1) is 0 Å². The van der Waals surface area contributed by atoms with Crippen LogP contribution in [0.5, 0.6) is 0 Å². The fourth-order valence-electron chi connectivity index (χ4n) is 5.74. The lowest BCUT2D eigenvalue weighted by atomic mass is 9.63. The number of allylic oxidation sites excluding steroid dienone is 2. The Morgan fingerprint density at radius 1 is 1.10 bits per heavy atom. The van der Waals surface area contributed by atoms with Gasteiger partial charge in [0, 0.05) is 5.92 Å². The average Bonchev–Trinajstić information content (AvgIpc) is 3.10. The van der Waals surface area contributed by atoms with Crippen LogP contribution in [-0.4, -0.2) is 11.6 Å². The van der Waals surface area contributed by atoms with E-state index in [1.807, 2.05) is 0 Å². The summed E-state index contributed by atoms with van der Waals surface area (Å²) in [6.07, 6.45) is 15.8. The predicted molar refractivity (Wildman–Crippen MR) is 82.6 cm³/mol. The zero-order valence-electron chi connectivity index (χ0n) is 13.2. The lowest BCUT2D eigenvalue weighted by Crippen LogP contribution is -2.48. The summed E-state index contributed by atoms with van der Waals surface area (Å²) in [5.74, 6) is 2.82. The number of rotatable bonds is 2. The van der Waals surface area contributed by atoms with Crippen LogP contribution < -0.4 is 0 Å². The molecule has 0 N–H and O–H groups in total. The largest absolute Gasteiger partial charge is 0.459 e. The summed E-state index contributed by atoms with van der Waals surface area (Å²) in [6.45, 7) is 2.23. The first-order chi connectivity index (χ1) is 10.2. The van der Waals surface area contributed by atoms with Crippen molar-refractivity contribution in [1.29, 1.82) is 0 Å². The molecule has 0 aliphatic heterocycles. The predicted octanol–water partition coefficient (Wildman–Crippen LogP) is 4.49. The van der Waals surface area contributed by atoms with Gasteiger partial charge >= 0.3 is 5.97 Å². The van der Waals surface area contributed by atoms with Gasteiger partial charge in [0.2, 0.25) is 0 Å². The Hall–Kier alpha value is -0.790. The molecule has 0 saturated heterocycles. The standard InChI is InChI=1S/C19H28O2/c1-19(10-4-6-14-5-2-3-7-17(14)19)21-18(20)16-12-13-8-9-15(16)11-13/h8-9,13-17H,2-7,10-12H2,1H3. The molecule has 6 atom stereocenters. The van der Waals surface area contributed by atoms with E-state index in [9.17, 15) is 4.79 Å². The average molecular weight is 288 g/mol. The normalized spacial score (nSPS) is 48.1. The monoisotopic (exact) mass is 288 g/mol. The van der Waals surface area contributed by atoms with Crippen molar-refractivity contribution in [3.8, 4) is 0 Å². The van der Waals surface area contributed by atoms with Crippen LogP contribution in [0, 0.1) is 29.6 Å². The van der Waals surface area contributed by atoms with Gasteiger partial charge in [0.05, 0.1) is 5.92 Å². The van der Waals surface area contributed by atoms with Gasteiger partial charge in [-0.3, -0.25) is 4.79 Å². The highest BCUT2D eigenvalue weighted by Gasteiger charge is 2.48. The van der Waals surface area contributed by atoms with Crippen LogP contribution in [0.15, 0.2) is 12.2 Å². The van der Waals surface area contributed by atoms with Crippen molar-refractivity contribution in [3.63, 3.8) is 0 Å². The van der Waals surface area contributed by atoms with Gasteiger partial charge in [-0.05, 0) is 63.2 Å². The number of hydrogen-bond donors (Lipinski definition) is 0. The molecule has 0 aromatic carbocycles. The summed E-state index contributed by atoms with van der Waals surface area (Å²) >= 11 is 0. The van der Waals surface area contributed by atoms with Crippen molar-refractivity contribution in [2.75, 3.05) is 0 Å². The van der Waals surface area contributed by atoms with E-state index >= 15 is 0 Å². The quantitative estimate of drug-likeness (QED) is 0.553. The second-order valence-electron chi connectivity index (χ2n) is 8.16. The minimum absolute atomic E-state index is 0.112. The molecule has 4 aliphatic carbocycles. The SMILES string of the molecule is CC1(OC(=O)C2CC3C=CC2C3)CCCC2CCCCC21. The summed E-state index contributed by atoms with van der Waals surface area (Å²) in [6, 6.07) is 0. The molecule has 6 unspecified atom stereocenters. The number of ether oxygens (including phenoxy) is 1. The molecule has 0 amide bonds. The molecular formula is C19H28O2. The Morgan fingerprint density at radius 2 is 1.90 bits per heavy atom. The Bertz CT molecular complexity index is 452. The van der Waals surface area contributed by atoms with Gasteiger partial charge in [-0.2, -0.15) is 0 Å². The molecule has 116 valence electrons. The van der Waals surface area contributed by atoms with E-state index in [0.29, 0.717) is 17.8 Å². The number of hydrogen-bond acceptors (Lipinski definition) is 2. The summed E-state index contributed by atoms with van der Waals surface area (Å²) in [4.78, 5) is 12.7. The maximum Gasteiger partial charge on any atom is 0.310 e. The molecule has 0 radical (unpaired) electrons. The van der Waals surface area contributed by atoms with E-state index in [1.54, 1.807) is 0 Å². The Labute approximate surface area is 128 Å². The van der Waals surface area contributed by atoms with Crippen molar-refractivity contribution < 1.29 is 9.53 Å². The number of esters is 1. The molecule has 2 nitrogen and oxygen atoms in total. The molecule has 2 heteroatoms. The molecule has 3 fully saturated rings. The number of carbonyl (C=O) groups is 1. The fourth-order valence-corrected chi connectivity index (χ4v) is 5.74. The molecule has 0 spiro atoms. The van der Waals surface area contributed by atoms with E-state index < -0.39 is 0 Å². The van der Waals surface area contributed by atoms with Crippen LogP contribution >= 0.6 is 0 Å². The third-order valence-electron chi connectivity index (χ3n) is 6.86. The third kappa shape index (κ3) is 2.35. The van der Waals surface area contributed by atoms with Crippen molar-refractivity contribution in [1.82, 2.24) is 0 Å². The molecule has 0 heterocycles. The van der Waals surface area contributed by atoms with Gasteiger partial charge in [-0.25, -0.2) is 0 Å². The van der Waals surface area contributed by atoms with Crippen LogP contribution in [0.4, 0.5) is 0 Å². The van der Waals surface area contributed by atoms with Gasteiger partial charge in [0.15, 0.2) is 0 Å². The minimum atomic E-state index is -0.175. The number of fused-ring (bicyclic) bond motifs is 3. The van der Waals surface area contributed by atoms with Crippen molar-refractivity contribution in [2.24, 2.45) is 29.6 Å². The molecule has 0 aromatic heterocycles. The zero-order chi connectivity index (χ0) is 14.4. The van der Waals surface area contributed by atoms with E-state index in [4.69, 9.17) is 4.74 Å². The maximum atomic E-state index is 12.7. The maximum absolute atomic E-state index is 12.7. The van der Waals surface area contributed by atoms with Gasteiger partial charge in [0.25, 0.3) is 0 Å². The first kappa shape index (κ1) is 13.8. The highest BCUT2D eigenvalue weighted by Crippen LogP contribution is 2.49. The third-order valence-corrected chi connectivity index (χ3v) is 6.86. The first-order valence-corrected chi connectivity index (χ1v) is 9.07. The lowest BCUT2D eigenvalue weighted by molar-refractivity contribution is -0.179. The van der Waals surface area contributed by atoms with Crippen molar-refractivity contribution in [3.05, 3.63) is 12.2 Å². The smallest absolute Gasteiger partial charge is 0.310 e. The highest BCUT2D eigenvalue weighted by molar-refractivity contribution is 5.74. The second-order valence-corrected chi connectivity index (χ2v) is 8.16. The van der Waals surface area contributed by atoms with Gasteiger partial charge in [-0.1, -0.05) is 31.4 Å². The molecule has 3 saturated carbocycles. The topological polar surface area (TPSA) is 26.3 Å². The van der Waals surface area contributed by atoms with Crippen LogP contribution in [0.2, 0.25) is 0 Å². The van der Waals surface area contributed by atoms with Gasteiger partial charge in [0.1, 0.15) is 5.60 Å². The molecule has 4 rings (SSSR count). The Morgan fingerprint density at radius 3 is 2.67 bits per heavy atom. The molecule has 2 bridgehead atoms. The number of carbonyl (C=O) groups excluding carboxylic acids is 1. The van der Waals surface area contributed by atoms with E-state index in [1.165, 1.54) is 44.9 Å². The lowest BCUT2D eigenvalue weighted by Gasteiger charge is -2.48. The summed E-state index contributed by atoms with van der Waals surface area (Å²) in [5, 5.41) is 0. The van der Waals surface area contributed by atoms with Crippen molar-refractivity contribution >= 4 is 5.97 Å². The van der Waals surface area contributed by atoms with Crippen LogP contribution in [0.3, 0.4) is 0 Å². The summed E-state index contributed by atoms with van der Waals surface area (Å²) < 4.78 is 6.21. The molecular weight excluding hydrogens is 260 g/mol. The Kier molecular flexibility index (Phi) is 3.39. The fraction of sp³-hybridized carbons (Fsp3) is 0.842. The highest BCUT2D eigenvalue weighted by atomic mass is 16.6. The summed E-state index contributed by atoms with van der Waals surface area (Å²) in [7, 11) is 0. The van der Waals surface area contributed by atoms with Crippen LogP contribution in [-0.2, 0) is 9.53 Å². The molecule has 0 aromatic rings. The molecule has 4 aliphatic rings. The zero-order valence-corrected chi connectivity index (χ0v) is 13.2.